The van der Waals surface area contributed by atoms with E-state index in [1.165, 1.54) is 0 Å². The number of methoxy groups -OCH3 is 1. The summed E-state index contributed by atoms with van der Waals surface area (Å²) in [6.45, 7) is 8.04. The second-order valence-electron chi connectivity index (χ2n) is 7.75. The predicted molar refractivity (Wildman–Crippen MR) is 111 cm³/mol. The molecule has 5 atom stereocenters. The molecule has 29 heavy (non-hydrogen) atoms. The minimum absolute atomic E-state index is 0.103. The molecule has 4 heterocycles. The molecule has 0 spiro atoms. The van der Waals surface area contributed by atoms with Gasteiger partial charge in [0, 0.05) is 23.7 Å². The van der Waals surface area contributed by atoms with E-state index in [2.05, 4.69) is 22.5 Å². The fourth-order valence-electron chi connectivity index (χ4n) is 4.82. The number of benzene rings is 1. The molecule has 1 aromatic carbocycles. The van der Waals surface area contributed by atoms with Gasteiger partial charge in [-0.2, -0.15) is 0 Å². The minimum Gasteiger partial charge on any atom is -0.497 e. The van der Waals surface area contributed by atoms with Crippen LogP contribution in [0.15, 0.2) is 43.1 Å². The number of carbonyl (C=O) groups excluding carboxylic acids is 1. The van der Waals surface area contributed by atoms with Crippen molar-refractivity contribution in [1.29, 1.82) is 0 Å². The van der Waals surface area contributed by atoms with Crippen molar-refractivity contribution in [3.63, 3.8) is 0 Å². The van der Waals surface area contributed by atoms with Crippen LogP contribution in [0.2, 0.25) is 0 Å². The van der Waals surface area contributed by atoms with Crippen LogP contribution in [0.1, 0.15) is 31.4 Å². The molecule has 0 saturated carbocycles. The van der Waals surface area contributed by atoms with Gasteiger partial charge in [0.25, 0.3) is 0 Å². The molecular formula is C23H28N2O4. The van der Waals surface area contributed by atoms with E-state index in [1.54, 1.807) is 20.2 Å². The number of ether oxygens (including phenoxy) is 3. The van der Waals surface area contributed by atoms with E-state index in [-0.39, 0.29) is 12.6 Å². The van der Waals surface area contributed by atoms with Gasteiger partial charge in [-0.1, -0.05) is 6.08 Å². The number of carbonyl (C=O) groups is 1. The van der Waals surface area contributed by atoms with E-state index in [1.807, 2.05) is 24.3 Å². The SMILES string of the molecule is C=C[C@H]1CN2CCC1C[C@H]2[C@H](OC(=O)OCC)c1ccnc2ccc(OC)cc12. The Kier molecular flexibility index (Phi) is 5.72. The maximum absolute atomic E-state index is 12.3. The number of nitrogens with zero attached hydrogens (tertiary/aromatic N) is 2. The van der Waals surface area contributed by atoms with E-state index >= 15 is 0 Å². The summed E-state index contributed by atoms with van der Waals surface area (Å²) in [6.07, 6.45) is 4.91. The third kappa shape index (κ3) is 3.81. The van der Waals surface area contributed by atoms with Gasteiger partial charge in [0.1, 0.15) is 11.9 Å². The summed E-state index contributed by atoms with van der Waals surface area (Å²) in [5.74, 6) is 1.81. The molecule has 154 valence electrons. The smallest absolute Gasteiger partial charge is 0.497 e. The summed E-state index contributed by atoms with van der Waals surface area (Å²) in [5, 5.41) is 0.934. The molecule has 0 aliphatic carbocycles. The molecule has 3 aliphatic heterocycles. The lowest BCUT2D eigenvalue weighted by molar-refractivity contribution is -0.0652. The van der Waals surface area contributed by atoms with Crippen LogP contribution in [0.3, 0.4) is 0 Å². The monoisotopic (exact) mass is 396 g/mol. The van der Waals surface area contributed by atoms with Gasteiger partial charge in [0.05, 0.1) is 25.3 Å². The van der Waals surface area contributed by atoms with E-state index in [0.717, 1.165) is 48.1 Å². The van der Waals surface area contributed by atoms with Gasteiger partial charge < -0.3 is 14.2 Å². The van der Waals surface area contributed by atoms with Crippen LogP contribution in [-0.2, 0) is 9.47 Å². The maximum Gasteiger partial charge on any atom is 0.508 e. The lowest BCUT2D eigenvalue weighted by Gasteiger charge is -2.51. The van der Waals surface area contributed by atoms with Crippen molar-refractivity contribution in [1.82, 2.24) is 9.88 Å². The molecule has 6 heteroatoms. The Morgan fingerprint density at radius 3 is 2.97 bits per heavy atom. The topological polar surface area (TPSA) is 60.9 Å². The number of fused-ring (bicyclic) bond motifs is 4. The van der Waals surface area contributed by atoms with Crippen LogP contribution in [0.25, 0.3) is 10.9 Å². The number of hydrogen-bond acceptors (Lipinski definition) is 6. The highest BCUT2D eigenvalue weighted by atomic mass is 16.7. The summed E-state index contributed by atoms with van der Waals surface area (Å²) in [6, 6.07) is 7.83. The van der Waals surface area contributed by atoms with Crippen molar-refractivity contribution >= 4 is 17.1 Å². The minimum atomic E-state index is -0.631. The molecule has 0 radical (unpaired) electrons. The third-order valence-electron chi connectivity index (χ3n) is 6.28. The molecule has 1 aromatic heterocycles. The molecule has 6 nitrogen and oxygen atoms in total. The fraction of sp³-hybridized carbons (Fsp3) is 0.478. The summed E-state index contributed by atoms with van der Waals surface area (Å²) in [5.41, 5.74) is 1.79. The highest BCUT2D eigenvalue weighted by molar-refractivity contribution is 5.84. The van der Waals surface area contributed by atoms with Gasteiger partial charge in [-0.05, 0) is 62.4 Å². The Hall–Kier alpha value is -2.60. The third-order valence-corrected chi connectivity index (χ3v) is 6.28. The summed E-state index contributed by atoms with van der Waals surface area (Å²) in [7, 11) is 1.64. The lowest BCUT2D eigenvalue weighted by atomic mass is 9.73. The molecule has 0 N–H and O–H groups in total. The van der Waals surface area contributed by atoms with Crippen molar-refractivity contribution in [2.75, 3.05) is 26.8 Å². The van der Waals surface area contributed by atoms with E-state index < -0.39 is 12.3 Å². The first kappa shape index (κ1) is 19.7. The van der Waals surface area contributed by atoms with Crippen molar-refractivity contribution in [3.05, 3.63) is 48.7 Å². The number of pyridine rings is 1. The molecule has 2 bridgehead atoms. The van der Waals surface area contributed by atoms with Crippen LogP contribution in [0.5, 0.6) is 5.75 Å². The standard InChI is InChI=1S/C23H28N2O4/c1-4-15-14-25-11-9-16(15)12-21(25)22(29-23(26)28-5-2)18-8-10-24-20-7-6-17(27-3)13-19(18)20/h4,6-8,10,13,15-16,21-22H,1,5,9,11-12,14H2,2-3H3/t15-,16?,21-,22+/m0/s1. The van der Waals surface area contributed by atoms with Crippen molar-refractivity contribution in [2.24, 2.45) is 11.8 Å². The van der Waals surface area contributed by atoms with E-state index in [0.29, 0.717) is 11.8 Å². The van der Waals surface area contributed by atoms with Crippen molar-refractivity contribution < 1.29 is 19.0 Å². The lowest BCUT2D eigenvalue weighted by Crippen LogP contribution is -2.55. The summed E-state index contributed by atoms with van der Waals surface area (Å²) < 4.78 is 16.5. The zero-order valence-electron chi connectivity index (χ0n) is 17.0. The quantitative estimate of drug-likeness (QED) is 0.534. The Morgan fingerprint density at radius 2 is 2.28 bits per heavy atom. The Labute approximate surface area is 171 Å². The molecule has 0 amide bonds. The average molecular weight is 396 g/mol. The molecule has 3 saturated heterocycles. The van der Waals surface area contributed by atoms with Crippen molar-refractivity contribution in [2.45, 2.75) is 31.9 Å². The Morgan fingerprint density at radius 1 is 1.41 bits per heavy atom. The second-order valence-corrected chi connectivity index (χ2v) is 7.75. The second kappa shape index (κ2) is 8.41. The Balaban J connectivity index is 1.75. The van der Waals surface area contributed by atoms with Gasteiger partial charge in [-0.3, -0.25) is 9.88 Å². The van der Waals surface area contributed by atoms with Gasteiger partial charge >= 0.3 is 6.16 Å². The van der Waals surface area contributed by atoms with Crippen LogP contribution < -0.4 is 4.74 Å². The predicted octanol–water partition coefficient (Wildman–Crippen LogP) is 4.35. The number of rotatable bonds is 6. The van der Waals surface area contributed by atoms with Gasteiger partial charge in [0.2, 0.25) is 0 Å². The fourth-order valence-corrected chi connectivity index (χ4v) is 4.82. The number of aromatic nitrogens is 1. The van der Waals surface area contributed by atoms with Crippen LogP contribution in [-0.4, -0.2) is 48.9 Å². The van der Waals surface area contributed by atoms with Gasteiger partial charge in [-0.15, -0.1) is 6.58 Å². The van der Waals surface area contributed by atoms with Crippen molar-refractivity contribution in [3.8, 4) is 5.75 Å². The highest BCUT2D eigenvalue weighted by Gasteiger charge is 2.44. The summed E-state index contributed by atoms with van der Waals surface area (Å²) >= 11 is 0. The molecule has 3 fully saturated rings. The van der Waals surface area contributed by atoms with E-state index in [4.69, 9.17) is 14.2 Å². The Bertz CT molecular complexity index is 900. The number of piperidine rings is 3. The van der Waals surface area contributed by atoms with Gasteiger partial charge in [-0.25, -0.2) is 4.79 Å². The van der Waals surface area contributed by atoms with Crippen LogP contribution in [0.4, 0.5) is 4.79 Å². The average Bonchev–Trinajstić information content (AvgIpc) is 2.77. The molecule has 2 aromatic rings. The largest absolute Gasteiger partial charge is 0.508 e. The molecular weight excluding hydrogens is 368 g/mol. The molecule has 3 aliphatic rings. The first-order valence-corrected chi connectivity index (χ1v) is 10.3. The normalized spacial score (nSPS) is 26.7. The molecule has 5 rings (SSSR count). The van der Waals surface area contributed by atoms with E-state index in [9.17, 15) is 4.79 Å². The first-order chi connectivity index (χ1) is 14.1. The summed E-state index contributed by atoms with van der Waals surface area (Å²) in [4.78, 5) is 19.2. The zero-order valence-corrected chi connectivity index (χ0v) is 17.0. The number of hydrogen-bond donors (Lipinski definition) is 0. The first-order valence-electron chi connectivity index (χ1n) is 10.3. The molecule has 2 unspecified atom stereocenters. The highest BCUT2D eigenvalue weighted by Crippen LogP contribution is 2.43. The van der Waals surface area contributed by atoms with Gasteiger partial charge in [0.15, 0.2) is 0 Å². The maximum atomic E-state index is 12.3. The zero-order chi connectivity index (χ0) is 20.4. The van der Waals surface area contributed by atoms with Crippen LogP contribution in [0, 0.1) is 11.8 Å². The van der Waals surface area contributed by atoms with Crippen LogP contribution >= 0.6 is 0 Å².